The van der Waals surface area contributed by atoms with Gasteiger partial charge in [0.1, 0.15) is 6.04 Å². The summed E-state index contributed by atoms with van der Waals surface area (Å²) in [6, 6.07) is -0.999. The number of rotatable bonds is 7. The number of urea groups is 1. The number of aliphatic carboxylic acids is 1. The molecule has 2 amide bonds. The number of carboxylic acids is 1. The molecule has 0 saturated heterocycles. The van der Waals surface area contributed by atoms with Crippen molar-refractivity contribution in [2.45, 2.75) is 59.5 Å². The Morgan fingerprint density at radius 3 is 2.06 bits per heavy atom. The van der Waals surface area contributed by atoms with Crippen molar-refractivity contribution in [2.75, 3.05) is 6.54 Å². The Kier molecular flexibility index (Phi) is 7.39. The van der Waals surface area contributed by atoms with E-state index in [1.807, 2.05) is 34.6 Å². The molecule has 0 saturated carbocycles. The fourth-order valence-electron chi connectivity index (χ4n) is 1.77. The Bertz CT molecular complexity index is 281. The zero-order valence-corrected chi connectivity index (χ0v) is 12.1. The van der Waals surface area contributed by atoms with Crippen LogP contribution >= 0.6 is 0 Å². The molecule has 0 radical (unpaired) electrons. The quantitative estimate of drug-likeness (QED) is 0.736. The number of carbonyl (C=O) groups excluding carboxylic acids is 1. The van der Waals surface area contributed by atoms with E-state index >= 15 is 0 Å². The Morgan fingerprint density at radius 1 is 1.17 bits per heavy atom. The predicted octanol–water partition coefficient (Wildman–Crippen LogP) is 2.32. The number of hydrogen-bond acceptors (Lipinski definition) is 2. The Morgan fingerprint density at radius 2 is 1.72 bits per heavy atom. The van der Waals surface area contributed by atoms with Crippen molar-refractivity contribution in [1.82, 2.24) is 10.2 Å². The lowest BCUT2D eigenvalue weighted by molar-refractivity contribution is -0.140. The van der Waals surface area contributed by atoms with Gasteiger partial charge in [0.15, 0.2) is 0 Å². The van der Waals surface area contributed by atoms with Gasteiger partial charge in [-0.2, -0.15) is 0 Å². The van der Waals surface area contributed by atoms with Crippen molar-refractivity contribution < 1.29 is 14.7 Å². The summed E-state index contributed by atoms with van der Waals surface area (Å²) in [7, 11) is 0. The Hall–Kier alpha value is -1.26. The van der Waals surface area contributed by atoms with E-state index in [0.717, 1.165) is 6.42 Å². The van der Waals surface area contributed by atoms with Crippen LogP contribution in [0, 0.1) is 5.92 Å². The third-order valence-electron chi connectivity index (χ3n) is 3.48. The molecule has 0 aromatic heterocycles. The first-order chi connectivity index (χ1) is 8.38. The minimum Gasteiger partial charge on any atom is -0.480 e. The maximum atomic E-state index is 12.1. The highest BCUT2D eigenvalue weighted by Crippen LogP contribution is 2.10. The van der Waals surface area contributed by atoms with E-state index in [-0.39, 0.29) is 18.0 Å². The third-order valence-corrected chi connectivity index (χ3v) is 3.48. The number of carbonyl (C=O) groups is 2. The van der Waals surface area contributed by atoms with Crippen molar-refractivity contribution in [1.29, 1.82) is 0 Å². The molecule has 3 atom stereocenters. The molecule has 5 nitrogen and oxygen atoms in total. The molecule has 0 fully saturated rings. The third kappa shape index (κ3) is 4.55. The second-order valence-electron chi connectivity index (χ2n) is 4.69. The number of amides is 2. The van der Waals surface area contributed by atoms with Gasteiger partial charge in [-0.1, -0.05) is 27.2 Å². The number of carboxylic acid groups (broad SMARTS) is 1. The number of nitrogens with one attached hydrogen (secondary N) is 1. The molecule has 106 valence electrons. The average Bonchev–Trinajstić information content (AvgIpc) is 2.35. The lowest BCUT2D eigenvalue weighted by atomic mass is 9.99. The van der Waals surface area contributed by atoms with Crippen molar-refractivity contribution in [3.63, 3.8) is 0 Å². The van der Waals surface area contributed by atoms with E-state index in [9.17, 15) is 9.59 Å². The number of nitrogens with zero attached hydrogens (tertiary/aromatic N) is 1. The molecule has 0 aromatic rings. The molecule has 0 aliphatic rings. The van der Waals surface area contributed by atoms with Crippen LogP contribution in [0.15, 0.2) is 0 Å². The first kappa shape index (κ1) is 16.7. The predicted molar refractivity (Wildman–Crippen MR) is 71.5 cm³/mol. The van der Waals surface area contributed by atoms with E-state index in [0.29, 0.717) is 13.0 Å². The summed E-state index contributed by atoms with van der Waals surface area (Å²) in [5, 5.41) is 11.8. The highest BCUT2D eigenvalue weighted by atomic mass is 16.4. The van der Waals surface area contributed by atoms with Crippen LogP contribution in [0.4, 0.5) is 4.79 Å². The van der Waals surface area contributed by atoms with Crippen molar-refractivity contribution in [3.05, 3.63) is 0 Å². The van der Waals surface area contributed by atoms with Gasteiger partial charge in [-0.3, -0.25) is 0 Å². The van der Waals surface area contributed by atoms with Crippen molar-refractivity contribution in [3.8, 4) is 0 Å². The van der Waals surface area contributed by atoms with Crippen LogP contribution in [0.2, 0.25) is 0 Å². The van der Waals surface area contributed by atoms with Crippen LogP contribution in [-0.4, -0.2) is 40.6 Å². The standard InChI is InChI=1S/C13H26N2O3/c1-6-9(4)11(12(16)17)14-13(18)15(8-3)10(5)7-2/h9-11H,6-8H2,1-5H3,(H,14,18)(H,16,17)/t9-,10?,11-/m0/s1. The highest BCUT2D eigenvalue weighted by Gasteiger charge is 2.28. The van der Waals surface area contributed by atoms with E-state index < -0.39 is 12.0 Å². The van der Waals surface area contributed by atoms with Crippen LogP contribution in [0.1, 0.15) is 47.5 Å². The van der Waals surface area contributed by atoms with Crippen molar-refractivity contribution in [2.24, 2.45) is 5.92 Å². The van der Waals surface area contributed by atoms with Crippen LogP contribution in [-0.2, 0) is 4.79 Å². The van der Waals surface area contributed by atoms with Gasteiger partial charge in [0.2, 0.25) is 0 Å². The van der Waals surface area contributed by atoms with Gasteiger partial charge in [-0.25, -0.2) is 9.59 Å². The maximum absolute atomic E-state index is 12.1. The van der Waals surface area contributed by atoms with E-state index in [2.05, 4.69) is 5.32 Å². The molecule has 0 spiro atoms. The molecule has 0 heterocycles. The fourth-order valence-corrected chi connectivity index (χ4v) is 1.77. The lowest BCUT2D eigenvalue weighted by Gasteiger charge is -2.30. The second-order valence-corrected chi connectivity index (χ2v) is 4.69. The summed E-state index contributed by atoms with van der Waals surface area (Å²) in [4.78, 5) is 24.9. The normalized spacial score (nSPS) is 15.6. The summed E-state index contributed by atoms with van der Waals surface area (Å²) in [6.45, 7) is 10.2. The number of hydrogen-bond donors (Lipinski definition) is 2. The molecular formula is C13H26N2O3. The van der Waals surface area contributed by atoms with E-state index in [1.165, 1.54) is 0 Å². The van der Waals surface area contributed by atoms with E-state index in [1.54, 1.807) is 4.90 Å². The summed E-state index contributed by atoms with van der Waals surface area (Å²) in [6.07, 6.45) is 1.56. The molecule has 0 aliphatic heterocycles. The molecular weight excluding hydrogens is 232 g/mol. The van der Waals surface area contributed by atoms with Crippen LogP contribution in [0.3, 0.4) is 0 Å². The molecule has 2 N–H and O–H groups in total. The van der Waals surface area contributed by atoms with Crippen LogP contribution in [0.5, 0.6) is 0 Å². The zero-order chi connectivity index (χ0) is 14.3. The van der Waals surface area contributed by atoms with Gasteiger partial charge in [0.05, 0.1) is 0 Å². The SMILES string of the molecule is CCC(C)N(CC)C(=O)N[C@H](C(=O)O)[C@@H](C)CC. The first-order valence-corrected chi connectivity index (χ1v) is 6.68. The maximum Gasteiger partial charge on any atom is 0.326 e. The molecule has 0 rings (SSSR count). The fraction of sp³-hybridized carbons (Fsp3) is 0.846. The van der Waals surface area contributed by atoms with Gasteiger partial charge >= 0.3 is 12.0 Å². The second kappa shape index (κ2) is 7.95. The largest absolute Gasteiger partial charge is 0.480 e. The smallest absolute Gasteiger partial charge is 0.326 e. The zero-order valence-electron chi connectivity index (χ0n) is 12.1. The molecule has 1 unspecified atom stereocenters. The van der Waals surface area contributed by atoms with Gasteiger partial charge < -0.3 is 15.3 Å². The van der Waals surface area contributed by atoms with Gasteiger partial charge in [0, 0.05) is 12.6 Å². The van der Waals surface area contributed by atoms with Crippen LogP contribution in [0.25, 0.3) is 0 Å². The summed E-state index contributed by atoms with van der Waals surface area (Å²) >= 11 is 0. The summed E-state index contributed by atoms with van der Waals surface area (Å²) in [5.74, 6) is -1.06. The Labute approximate surface area is 110 Å². The minimum absolute atomic E-state index is 0.0814. The van der Waals surface area contributed by atoms with Gasteiger partial charge in [0.25, 0.3) is 0 Å². The molecule has 0 aromatic carbocycles. The summed E-state index contributed by atoms with van der Waals surface area (Å²) < 4.78 is 0. The lowest BCUT2D eigenvalue weighted by Crippen LogP contribution is -2.52. The Balaban J connectivity index is 4.72. The van der Waals surface area contributed by atoms with E-state index in [4.69, 9.17) is 5.11 Å². The average molecular weight is 258 g/mol. The highest BCUT2D eigenvalue weighted by molar-refractivity contribution is 5.82. The van der Waals surface area contributed by atoms with Gasteiger partial charge in [-0.15, -0.1) is 0 Å². The molecule has 18 heavy (non-hydrogen) atoms. The van der Waals surface area contributed by atoms with Crippen molar-refractivity contribution >= 4 is 12.0 Å². The van der Waals surface area contributed by atoms with Gasteiger partial charge in [-0.05, 0) is 26.2 Å². The molecule has 0 bridgehead atoms. The monoisotopic (exact) mass is 258 g/mol. The topological polar surface area (TPSA) is 69.6 Å². The molecule has 0 aliphatic carbocycles. The van der Waals surface area contributed by atoms with Crippen LogP contribution < -0.4 is 5.32 Å². The first-order valence-electron chi connectivity index (χ1n) is 6.68. The molecule has 5 heteroatoms. The minimum atomic E-state index is -0.974. The summed E-state index contributed by atoms with van der Waals surface area (Å²) in [5.41, 5.74) is 0.